The minimum Gasteiger partial charge on any atom is -0.337 e. The number of carbonyl (C=O) groups is 1. The van der Waals surface area contributed by atoms with E-state index in [1.165, 1.54) is 15.3 Å². The molecule has 0 bridgehead atoms. The zero-order valence-electron chi connectivity index (χ0n) is 13.8. The van der Waals surface area contributed by atoms with E-state index < -0.39 is 10.0 Å². The highest BCUT2D eigenvalue weighted by Crippen LogP contribution is 2.28. The Bertz CT molecular complexity index is 874. The Morgan fingerprint density at radius 3 is 2.68 bits per heavy atom. The minimum absolute atomic E-state index is 0.113. The molecule has 2 heterocycles. The molecule has 1 amide bonds. The van der Waals surface area contributed by atoms with Crippen LogP contribution in [-0.4, -0.2) is 43.7 Å². The highest BCUT2D eigenvalue weighted by atomic mass is 35.5. The van der Waals surface area contributed by atoms with Crippen molar-refractivity contribution in [2.45, 2.75) is 24.3 Å². The molecule has 1 aliphatic heterocycles. The minimum atomic E-state index is -3.61. The quantitative estimate of drug-likeness (QED) is 0.774. The molecule has 1 aromatic carbocycles. The number of sulfonamides is 1. The van der Waals surface area contributed by atoms with Gasteiger partial charge < -0.3 is 4.90 Å². The molecule has 0 N–H and O–H groups in total. The molecule has 0 spiro atoms. The molecule has 1 saturated heterocycles. The molecule has 1 aliphatic rings. The average molecular weight is 399 g/mol. The second kappa shape index (κ2) is 7.45. The Labute approximate surface area is 156 Å². The van der Waals surface area contributed by atoms with Crippen LogP contribution in [0.15, 0.2) is 40.6 Å². The maximum atomic E-state index is 12.8. The zero-order chi connectivity index (χ0) is 18.0. The molecule has 5 nitrogen and oxygen atoms in total. The molecular weight excluding hydrogens is 380 g/mol. The van der Waals surface area contributed by atoms with Gasteiger partial charge in [0.1, 0.15) is 9.77 Å². The van der Waals surface area contributed by atoms with Crippen molar-refractivity contribution in [1.29, 1.82) is 0 Å². The molecule has 25 heavy (non-hydrogen) atoms. The predicted molar refractivity (Wildman–Crippen MR) is 99.6 cm³/mol. The largest absolute Gasteiger partial charge is 0.337 e. The van der Waals surface area contributed by atoms with Gasteiger partial charge in [-0.05, 0) is 42.0 Å². The number of benzene rings is 1. The van der Waals surface area contributed by atoms with Gasteiger partial charge in [0, 0.05) is 31.7 Å². The topological polar surface area (TPSA) is 57.7 Å². The second-order valence-electron chi connectivity index (χ2n) is 6.02. The monoisotopic (exact) mass is 398 g/mol. The van der Waals surface area contributed by atoms with Crippen molar-refractivity contribution in [3.05, 3.63) is 51.2 Å². The third-order valence-electron chi connectivity index (χ3n) is 4.16. The molecule has 1 aromatic heterocycles. The molecule has 0 aliphatic carbocycles. The number of halogens is 1. The average Bonchev–Trinajstić information content (AvgIpc) is 3.26. The summed E-state index contributed by atoms with van der Waals surface area (Å²) in [5.74, 6) is -0.298. The zero-order valence-corrected chi connectivity index (χ0v) is 16.2. The number of rotatable bonds is 5. The number of thiophene rings is 1. The van der Waals surface area contributed by atoms with E-state index in [0.717, 1.165) is 29.7 Å². The first-order valence-electron chi connectivity index (χ1n) is 7.97. The number of hydrogen-bond acceptors (Lipinski definition) is 4. The lowest BCUT2D eigenvalue weighted by atomic mass is 10.2. The van der Waals surface area contributed by atoms with Crippen LogP contribution in [-0.2, 0) is 16.6 Å². The summed E-state index contributed by atoms with van der Waals surface area (Å²) in [5.41, 5.74) is 0.892. The van der Waals surface area contributed by atoms with Crippen LogP contribution in [0.4, 0.5) is 0 Å². The number of nitrogens with zero attached hydrogens (tertiary/aromatic N) is 2. The first-order valence-corrected chi connectivity index (χ1v) is 10.7. The van der Waals surface area contributed by atoms with Crippen LogP contribution in [0, 0.1) is 0 Å². The molecule has 2 aromatic rings. The van der Waals surface area contributed by atoms with E-state index in [0.29, 0.717) is 24.7 Å². The lowest BCUT2D eigenvalue weighted by Crippen LogP contribution is -2.31. The van der Waals surface area contributed by atoms with Gasteiger partial charge in [-0.15, -0.1) is 11.3 Å². The number of hydrogen-bond donors (Lipinski definition) is 0. The van der Waals surface area contributed by atoms with E-state index in [1.54, 1.807) is 24.6 Å². The van der Waals surface area contributed by atoms with E-state index in [9.17, 15) is 13.2 Å². The van der Waals surface area contributed by atoms with E-state index in [1.807, 2.05) is 12.1 Å². The fourth-order valence-corrected chi connectivity index (χ4v) is 6.00. The van der Waals surface area contributed by atoms with Gasteiger partial charge in [0.2, 0.25) is 10.0 Å². The molecule has 8 heteroatoms. The molecule has 1 fully saturated rings. The normalized spacial score (nSPS) is 15.4. The van der Waals surface area contributed by atoms with Gasteiger partial charge in [0.25, 0.3) is 5.91 Å². The SMILES string of the molecule is CN(Cc1cccc(Cl)c1)C(=O)c1sccc1S(=O)(=O)N1CCCC1. The third kappa shape index (κ3) is 3.89. The van der Waals surface area contributed by atoms with Gasteiger partial charge >= 0.3 is 0 Å². The molecular formula is C17H19ClN2O3S2. The maximum Gasteiger partial charge on any atom is 0.265 e. The number of carbonyl (C=O) groups excluding carboxylic acids is 1. The van der Waals surface area contributed by atoms with Gasteiger partial charge in [0.05, 0.1) is 0 Å². The molecule has 0 unspecified atom stereocenters. The van der Waals surface area contributed by atoms with Crippen LogP contribution in [0.3, 0.4) is 0 Å². The van der Waals surface area contributed by atoms with Crippen molar-refractivity contribution < 1.29 is 13.2 Å². The summed E-state index contributed by atoms with van der Waals surface area (Å²) in [6.07, 6.45) is 1.72. The van der Waals surface area contributed by atoms with Crippen molar-refractivity contribution in [3.8, 4) is 0 Å². The van der Waals surface area contributed by atoms with Gasteiger partial charge in [-0.2, -0.15) is 4.31 Å². The summed E-state index contributed by atoms with van der Waals surface area (Å²) in [6.45, 7) is 1.40. The Kier molecular flexibility index (Phi) is 5.48. The van der Waals surface area contributed by atoms with E-state index in [2.05, 4.69) is 0 Å². The van der Waals surface area contributed by atoms with E-state index >= 15 is 0 Å². The van der Waals surface area contributed by atoms with Crippen LogP contribution in [0.5, 0.6) is 0 Å². The van der Waals surface area contributed by atoms with Crippen LogP contribution < -0.4 is 0 Å². The second-order valence-corrected chi connectivity index (χ2v) is 9.28. The third-order valence-corrected chi connectivity index (χ3v) is 7.37. The van der Waals surface area contributed by atoms with E-state index in [-0.39, 0.29) is 15.7 Å². The van der Waals surface area contributed by atoms with Gasteiger partial charge in [-0.25, -0.2) is 8.42 Å². The summed E-state index contributed by atoms with van der Waals surface area (Å²) in [6, 6.07) is 8.80. The summed E-state index contributed by atoms with van der Waals surface area (Å²) in [4.78, 5) is 14.7. The van der Waals surface area contributed by atoms with Crippen molar-refractivity contribution in [2.24, 2.45) is 0 Å². The Hall–Kier alpha value is -1.41. The lowest BCUT2D eigenvalue weighted by molar-refractivity contribution is 0.0786. The Balaban J connectivity index is 1.82. The summed E-state index contributed by atoms with van der Waals surface area (Å²) in [5, 5.41) is 2.26. The summed E-state index contributed by atoms with van der Waals surface area (Å²) in [7, 11) is -1.95. The van der Waals surface area contributed by atoms with Crippen molar-refractivity contribution in [2.75, 3.05) is 20.1 Å². The summed E-state index contributed by atoms with van der Waals surface area (Å²) < 4.78 is 27.0. The Morgan fingerprint density at radius 1 is 1.28 bits per heavy atom. The van der Waals surface area contributed by atoms with Crippen LogP contribution in [0.2, 0.25) is 5.02 Å². The first-order chi connectivity index (χ1) is 11.9. The Morgan fingerprint density at radius 2 is 2.00 bits per heavy atom. The molecule has 134 valence electrons. The van der Waals surface area contributed by atoms with Crippen LogP contribution in [0.25, 0.3) is 0 Å². The molecule has 3 rings (SSSR count). The fourth-order valence-electron chi connectivity index (χ4n) is 2.88. The highest BCUT2D eigenvalue weighted by Gasteiger charge is 2.32. The van der Waals surface area contributed by atoms with Crippen LogP contribution >= 0.6 is 22.9 Å². The van der Waals surface area contributed by atoms with Gasteiger partial charge in [0.15, 0.2) is 0 Å². The first kappa shape index (κ1) is 18.4. The van der Waals surface area contributed by atoms with E-state index in [4.69, 9.17) is 11.6 Å². The lowest BCUT2D eigenvalue weighted by Gasteiger charge is -2.19. The number of amides is 1. The van der Waals surface area contributed by atoms with Crippen molar-refractivity contribution >= 4 is 38.9 Å². The van der Waals surface area contributed by atoms with Gasteiger partial charge in [-0.1, -0.05) is 23.7 Å². The van der Waals surface area contributed by atoms with Crippen molar-refractivity contribution in [1.82, 2.24) is 9.21 Å². The fraction of sp³-hybridized carbons (Fsp3) is 0.353. The molecule has 0 atom stereocenters. The van der Waals surface area contributed by atoms with Crippen molar-refractivity contribution in [3.63, 3.8) is 0 Å². The van der Waals surface area contributed by atoms with Gasteiger partial charge in [-0.3, -0.25) is 4.79 Å². The standard InChI is InChI=1S/C17H19ClN2O3S2/c1-19(12-13-5-4-6-14(18)11-13)17(21)16-15(7-10-24-16)25(22,23)20-8-2-3-9-20/h4-7,10-11H,2-3,8-9,12H2,1H3. The summed E-state index contributed by atoms with van der Waals surface area (Å²) >= 11 is 7.14. The molecule has 0 radical (unpaired) electrons. The molecule has 0 saturated carbocycles. The van der Waals surface area contributed by atoms with Crippen LogP contribution in [0.1, 0.15) is 28.1 Å². The highest BCUT2D eigenvalue weighted by molar-refractivity contribution is 7.89. The smallest absolute Gasteiger partial charge is 0.265 e. The predicted octanol–water partition coefficient (Wildman–Crippen LogP) is 3.46. The maximum absolute atomic E-state index is 12.8.